The molecular formula is C15H17ClN2O2S. The van der Waals surface area contributed by atoms with Gasteiger partial charge in [-0.05, 0) is 42.0 Å². The zero-order valence-corrected chi connectivity index (χ0v) is 13.4. The van der Waals surface area contributed by atoms with Crippen LogP contribution in [0.2, 0.25) is 0 Å². The molecule has 0 fully saturated rings. The molecule has 6 heteroatoms. The van der Waals surface area contributed by atoms with Gasteiger partial charge >= 0.3 is 0 Å². The van der Waals surface area contributed by atoms with Crippen molar-refractivity contribution in [2.45, 2.75) is 10.8 Å². The molecule has 1 N–H and O–H groups in total. The number of nitrogens with one attached hydrogen (secondary N) is 1. The van der Waals surface area contributed by atoms with Crippen molar-refractivity contribution in [3.8, 4) is 0 Å². The molecule has 4 nitrogen and oxygen atoms in total. The van der Waals surface area contributed by atoms with Crippen LogP contribution in [0.15, 0.2) is 53.4 Å². The van der Waals surface area contributed by atoms with Crippen LogP contribution in [0.3, 0.4) is 0 Å². The van der Waals surface area contributed by atoms with Crippen molar-refractivity contribution in [2.24, 2.45) is 0 Å². The van der Waals surface area contributed by atoms with E-state index in [9.17, 15) is 8.42 Å². The number of anilines is 2. The largest absolute Gasteiger partial charge is 0.356 e. The van der Waals surface area contributed by atoms with Gasteiger partial charge in [0.05, 0.1) is 4.90 Å². The molecule has 0 atom stereocenters. The second-order valence-corrected chi connectivity index (χ2v) is 7.19. The highest BCUT2D eigenvalue weighted by molar-refractivity contribution is 7.89. The van der Waals surface area contributed by atoms with Gasteiger partial charge in [0.15, 0.2) is 0 Å². The zero-order chi connectivity index (χ0) is 15.5. The molecular weight excluding hydrogens is 308 g/mol. The average molecular weight is 325 g/mol. The highest BCUT2D eigenvalue weighted by Gasteiger charge is 2.16. The van der Waals surface area contributed by atoms with Crippen molar-refractivity contribution in [1.29, 1.82) is 0 Å². The van der Waals surface area contributed by atoms with Crippen molar-refractivity contribution in [3.05, 3.63) is 54.1 Å². The molecule has 2 aromatic carbocycles. The lowest BCUT2D eigenvalue weighted by Gasteiger charge is -2.12. The summed E-state index contributed by atoms with van der Waals surface area (Å²) in [5, 5.41) is 3.22. The summed E-state index contributed by atoms with van der Waals surface area (Å²) in [5.74, 6) is 0.454. The van der Waals surface area contributed by atoms with Crippen molar-refractivity contribution >= 4 is 33.0 Å². The van der Waals surface area contributed by atoms with E-state index < -0.39 is 10.0 Å². The summed E-state index contributed by atoms with van der Waals surface area (Å²) >= 11 is 5.80. The van der Waals surface area contributed by atoms with Gasteiger partial charge < -0.3 is 5.32 Å². The van der Waals surface area contributed by atoms with Crippen molar-refractivity contribution in [2.75, 3.05) is 19.4 Å². The number of benzene rings is 2. The molecule has 0 unspecified atom stereocenters. The van der Waals surface area contributed by atoms with E-state index >= 15 is 0 Å². The van der Waals surface area contributed by atoms with Crippen LogP contribution >= 0.6 is 11.6 Å². The standard InChI is InChI=1S/C15H17ClN2O2S/c1-18(2)21(19,20)15-8-6-13(7-9-15)17-14-5-3-4-12(10-14)11-16/h3-10,17H,11H2,1-2H3. The molecule has 0 aliphatic heterocycles. The molecule has 0 saturated carbocycles. The number of hydrogen-bond acceptors (Lipinski definition) is 3. The van der Waals surface area contributed by atoms with Gasteiger partial charge in [0.2, 0.25) is 10.0 Å². The topological polar surface area (TPSA) is 49.4 Å². The summed E-state index contributed by atoms with van der Waals surface area (Å²) in [6.07, 6.45) is 0. The van der Waals surface area contributed by atoms with Crippen molar-refractivity contribution in [3.63, 3.8) is 0 Å². The van der Waals surface area contributed by atoms with Crippen LogP contribution in [-0.2, 0) is 15.9 Å². The summed E-state index contributed by atoms with van der Waals surface area (Å²) in [5.41, 5.74) is 2.75. The second kappa shape index (κ2) is 6.47. The molecule has 0 heterocycles. The number of sulfonamides is 1. The van der Waals surface area contributed by atoms with Gasteiger partial charge in [-0.3, -0.25) is 0 Å². The molecule has 112 valence electrons. The molecule has 0 radical (unpaired) electrons. The SMILES string of the molecule is CN(C)S(=O)(=O)c1ccc(Nc2cccc(CCl)c2)cc1. The van der Waals surface area contributed by atoms with E-state index in [-0.39, 0.29) is 4.90 Å². The number of halogens is 1. The Balaban J connectivity index is 2.20. The third-order valence-corrected chi connectivity index (χ3v) is 5.14. The van der Waals surface area contributed by atoms with Crippen molar-refractivity contribution < 1.29 is 8.42 Å². The maximum absolute atomic E-state index is 12.0. The fourth-order valence-corrected chi connectivity index (χ4v) is 2.89. The van der Waals surface area contributed by atoms with Gasteiger partial charge in [-0.2, -0.15) is 0 Å². The summed E-state index contributed by atoms with van der Waals surface area (Å²) in [6.45, 7) is 0. The van der Waals surface area contributed by atoms with E-state index in [2.05, 4.69) is 5.32 Å². The lowest BCUT2D eigenvalue weighted by atomic mass is 10.2. The van der Waals surface area contributed by atoms with E-state index in [1.165, 1.54) is 18.4 Å². The minimum atomic E-state index is -3.39. The molecule has 2 rings (SSSR count). The van der Waals surface area contributed by atoms with Gasteiger partial charge in [-0.25, -0.2) is 12.7 Å². The lowest BCUT2D eigenvalue weighted by molar-refractivity contribution is 0.521. The second-order valence-electron chi connectivity index (χ2n) is 4.77. The third kappa shape index (κ3) is 3.75. The van der Waals surface area contributed by atoms with E-state index in [4.69, 9.17) is 11.6 Å². The first-order valence-electron chi connectivity index (χ1n) is 6.38. The van der Waals surface area contributed by atoms with E-state index in [0.717, 1.165) is 16.9 Å². The molecule has 2 aromatic rings. The Morgan fingerprint density at radius 2 is 1.71 bits per heavy atom. The van der Waals surface area contributed by atoms with Crippen LogP contribution in [0, 0.1) is 0 Å². The van der Waals surface area contributed by atoms with Gasteiger partial charge in [0, 0.05) is 31.4 Å². The molecule has 0 amide bonds. The Morgan fingerprint density at radius 1 is 1.05 bits per heavy atom. The first-order chi connectivity index (χ1) is 9.93. The minimum absolute atomic E-state index is 0.271. The lowest BCUT2D eigenvalue weighted by Crippen LogP contribution is -2.22. The zero-order valence-electron chi connectivity index (χ0n) is 11.9. The third-order valence-electron chi connectivity index (χ3n) is 3.00. The van der Waals surface area contributed by atoms with Crippen LogP contribution < -0.4 is 5.32 Å². The van der Waals surface area contributed by atoms with Gasteiger partial charge in [0.25, 0.3) is 0 Å². The van der Waals surface area contributed by atoms with Crippen LogP contribution in [0.4, 0.5) is 11.4 Å². The van der Waals surface area contributed by atoms with Crippen LogP contribution in [-0.4, -0.2) is 26.8 Å². The number of alkyl halides is 1. The van der Waals surface area contributed by atoms with E-state index in [1.54, 1.807) is 24.3 Å². The monoisotopic (exact) mass is 324 g/mol. The summed E-state index contributed by atoms with van der Waals surface area (Å²) in [7, 11) is -0.363. The predicted molar refractivity (Wildman–Crippen MR) is 86.6 cm³/mol. The van der Waals surface area contributed by atoms with Gasteiger partial charge in [-0.1, -0.05) is 12.1 Å². The Hall–Kier alpha value is -1.56. The Bertz CT molecular complexity index is 713. The van der Waals surface area contributed by atoms with Gasteiger partial charge in [0.1, 0.15) is 0 Å². The molecule has 0 saturated heterocycles. The van der Waals surface area contributed by atoms with E-state index in [0.29, 0.717) is 5.88 Å². The van der Waals surface area contributed by atoms with Crippen molar-refractivity contribution in [1.82, 2.24) is 4.31 Å². The van der Waals surface area contributed by atoms with Crippen LogP contribution in [0.1, 0.15) is 5.56 Å². The number of hydrogen-bond donors (Lipinski definition) is 1. The van der Waals surface area contributed by atoms with Gasteiger partial charge in [-0.15, -0.1) is 11.6 Å². The Morgan fingerprint density at radius 3 is 2.29 bits per heavy atom. The Labute approximate surface area is 130 Å². The smallest absolute Gasteiger partial charge is 0.242 e. The maximum atomic E-state index is 12.0. The first kappa shape index (κ1) is 15.8. The molecule has 21 heavy (non-hydrogen) atoms. The fourth-order valence-electron chi connectivity index (χ4n) is 1.82. The number of rotatable bonds is 5. The van der Waals surface area contributed by atoms with Crippen LogP contribution in [0.5, 0.6) is 0 Å². The highest BCUT2D eigenvalue weighted by atomic mass is 35.5. The minimum Gasteiger partial charge on any atom is -0.356 e. The average Bonchev–Trinajstić information content (AvgIpc) is 2.48. The van der Waals surface area contributed by atoms with E-state index in [1.807, 2.05) is 24.3 Å². The summed E-state index contributed by atoms with van der Waals surface area (Å²) < 4.78 is 25.1. The summed E-state index contributed by atoms with van der Waals surface area (Å²) in [4.78, 5) is 0.271. The fraction of sp³-hybridized carbons (Fsp3) is 0.200. The molecule has 0 aliphatic carbocycles. The maximum Gasteiger partial charge on any atom is 0.242 e. The molecule has 0 bridgehead atoms. The quantitative estimate of drug-likeness (QED) is 0.857. The predicted octanol–water partition coefficient (Wildman–Crippen LogP) is 3.42. The Kier molecular flexibility index (Phi) is 4.88. The summed E-state index contributed by atoms with van der Waals surface area (Å²) in [6, 6.07) is 14.4. The highest BCUT2D eigenvalue weighted by Crippen LogP contribution is 2.21. The number of nitrogens with zero attached hydrogens (tertiary/aromatic N) is 1. The normalized spacial score (nSPS) is 11.6. The van der Waals surface area contributed by atoms with Crippen LogP contribution in [0.25, 0.3) is 0 Å². The molecule has 0 aliphatic rings. The molecule has 0 spiro atoms. The molecule has 0 aromatic heterocycles. The first-order valence-corrected chi connectivity index (χ1v) is 8.35.